The lowest BCUT2D eigenvalue weighted by molar-refractivity contribution is -0.147. The zero-order valence-corrected chi connectivity index (χ0v) is 10.2. The highest BCUT2D eigenvalue weighted by Gasteiger charge is 2.15. The quantitative estimate of drug-likeness (QED) is 0.723. The first-order valence-electron chi connectivity index (χ1n) is 4.95. The minimum Gasteiger partial charge on any atom is -0.457 e. The van der Waals surface area contributed by atoms with Crippen molar-refractivity contribution in [3.8, 4) is 0 Å². The van der Waals surface area contributed by atoms with E-state index in [9.17, 15) is 4.79 Å². The van der Waals surface area contributed by atoms with Gasteiger partial charge in [0.05, 0.1) is 0 Å². The van der Waals surface area contributed by atoms with Gasteiger partial charge in [-0.2, -0.15) is 0 Å². The summed E-state index contributed by atoms with van der Waals surface area (Å²) in [5.74, 6) is -0.216. The summed E-state index contributed by atoms with van der Waals surface area (Å²) in [5.41, 5.74) is 0. The van der Waals surface area contributed by atoms with Crippen molar-refractivity contribution in [1.29, 1.82) is 0 Å². The molecule has 1 heterocycles. The summed E-state index contributed by atoms with van der Waals surface area (Å²) >= 11 is 1.63. The summed E-state index contributed by atoms with van der Waals surface area (Å²) in [6.45, 7) is 2.37. The van der Waals surface area contributed by atoms with Crippen molar-refractivity contribution >= 4 is 17.3 Å². The average molecular weight is 227 g/mol. The molecule has 1 aromatic heterocycles. The van der Waals surface area contributed by atoms with Crippen LogP contribution in [0.3, 0.4) is 0 Å². The molecule has 1 aromatic rings. The maximum atomic E-state index is 11.0. The number of rotatable bonds is 5. The number of thiophene rings is 1. The highest BCUT2D eigenvalue weighted by molar-refractivity contribution is 7.10. The molecule has 1 unspecified atom stereocenters. The predicted molar refractivity (Wildman–Crippen MR) is 62.0 cm³/mol. The lowest BCUT2D eigenvalue weighted by Gasteiger charge is -2.17. The van der Waals surface area contributed by atoms with Crippen molar-refractivity contribution in [3.63, 3.8) is 0 Å². The lowest BCUT2D eigenvalue weighted by Crippen LogP contribution is -2.18. The second-order valence-corrected chi connectivity index (χ2v) is 4.68. The molecular weight excluding hydrogens is 210 g/mol. The van der Waals surface area contributed by atoms with Crippen LogP contribution in [-0.4, -0.2) is 31.5 Å². The minimum absolute atomic E-state index is 0.0927. The third-order valence-electron chi connectivity index (χ3n) is 2.01. The van der Waals surface area contributed by atoms with E-state index >= 15 is 0 Å². The number of ether oxygens (including phenoxy) is 1. The Morgan fingerprint density at radius 1 is 1.60 bits per heavy atom. The van der Waals surface area contributed by atoms with E-state index in [-0.39, 0.29) is 12.1 Å². The fourth-order valence-electron chi connectivity index (χ4n) is 1.31. The van der Waals surface area contributed by atoms with Crippen LogP contribution in [0.5, 0.6) is 0 Å². The molecule has 0 aliphatic heterocycles. The first-order chi connectivity index (χ1) is 7.09. The Morgan fingerprint density at radius 2 is 2.33 bits per heavy atom. The molecule has 3 nitrogen and oxygen atoms in total. The first-order valence-corrected chi connectivity index (χ1v) is 5.83. The van der Waals surface area contributed by atoms with Crippen LogP contribution in [0.15, 0.2) is 17.5 Å². The molecular formula is C11H17NO2S. The van der Waals surface area contributed by atoms with Crippen LogP contribution in [0.1, 0.15) is 24.3 Å². The first kappa shape index (κ1) is 12.2. The van der Waals surface area contributed by atoms with Crippen molar-refractivity contribution in [2.45, 2.75) is 19.4 Å². The van der Waals surface area contributed by atoms with Crippen molar-refractivity contribution in [2.75, 3.05) is 20.6 Å². The summed E-state index contributed by atoms with van der Waals surface area (Å²) in [4.78, 5) is 14.2. The maximum Gasteiger partial charge on any atom is 0.303 e. The molecule has 15 heavy (non-hydrogen) atoms. The van der Waals surface area contributed by atoms with E-state index in [0.29, 0.717) is 0 Å². The minimum atomic E-state index is -0.216. The molecule has 0 bridgehead atoms. The van der Waals surface area contributed by atoms with Crippen LogP contribution >= 0.6 is 11.3 Å². The Labute approximate surface area is 94.7 Å². The predicted octanol–water partition coefficient (Wildman–Crippen LogP) is 2.30. The van der Waals surface area contributed by atoms with Gasteiger partial charge in [0.15, 0.2) is 0 Å². The SMILES string of the molecule is CC(=O)OC(CCN(C)C)c1cccs1. The molecule has 1 atom stereocenters. The summed E-state index contributed by atoms with van der Waals surface area (Å²) < 4.78 is 5.29. The van der Waals surface area contributed by atoms with E-state index in [4.69, 9.17) is 4.74 Å². The third-order valence-corrected chi connectivity index (χ3v) is 2.97. The second-order valence-electron chi connectivity index (χ2n) is 3.71. The molecule has 0 spiro atoms. The molecule has 0 saturated carbocycles. The van der Waals surface area contributed by atoms with Crippen molar-refractivity contribution in [2.24, 2.45) is 0 Å². The number of hydrogen-bond acceptors (Lipinski definition) is 4. The number of carbonyl (C=O) groups excluding carboxylic acids is 1. The van der Waals surface area contributed by atoms with Crippen LogP contribution in [0.25, 0.3) is 0 Å². The number of esters is 1. The molecule has 84 valence electrons. The van der Waals surface area contributed by atoms with Crippen LogP contribution in [0.2, 0.25) is 0 Å². The molecule has 0 amide bonds. The second kappa shape index (κ2) is 5.88. The van der Waals surface area contributed by atoms with Gasteiger partial charge in [0.2, 0.25) is 0 Å². The Balaban J connectivity index is 2.57. The van der Waals surface area contributed by atoms with Crippen LogP contribution in [-0.2, 0) is 9.53 Å². The number of hydrogen-bond donors (Lipinski definition) is 0. The third kappa shape index (κ3) is 4.44. The van der Waals surface area contributed by atoms with E-state index in [2.05, 4.69) is 4.90 Å². The van der Waals surface area contributed by atoms with Gasteiger partial charge in [-0.15, -0.1) is 11.3 Å². The normalized spacial score (nSPS) is 12.8. The van der Waals surface area contributed by atoms with E-state index in [1.165, 1.54) is 6.92 Å². The molecule has 0 fully saturated rings. The molecule has 0 aliphatic rings. The highest BCUT2D eigenvalue weighted by Crippen LogP contribution is 2.25. The molecule has 0 radical (unpaired) electrons. The summed E-state index contributed by atoms with van der Waals surface area (Å²) in [6, 6.07) is 3.99. The monoisotopic (exact) mass is 227 g/mol. The van der Waals surface area contributed by atoms with E-state index in [0.717, 1.165) is 17.8 Å². The van der Waals surface area contributed by atoms with Gasteiger partial charge in [0.25, 0.3) is 0 Å². The zero-order chi connectivity index (χ0) is 11.3. The Bertz CT molecular complexity index is 296. The van der Waals surface area contributed by atoms with Gasteiger partial charge >= 0.3 is 5.97 Å². The fraction of sp³-hybridized carbons (Fsp3) is 0.545. The lowest BCUT2D eigenvalue weighted by atomic mass is 10.2. The average Bonchev–Trinajstić information content (AvgIpc) is 2.63. The number of nitrogens with zero attached hydrogens (tertiary/aromatic N) is 1. The Hall–Kier alpha value is -0.870. The molecule has 1 rings (SSSR count). The summed E-state index contributed by atoms with van der Waals surface area (Å²) in [7, 11) is 4.03. The maximum absolute atomic E-state index is 11.0. The van der Waals surface area contributed by atoms with Crippen LogP contribution in [0, 0.1) is 0 Å². The molecule has 0 N–H and O–H groups in total. The van der Waals surface area contributed by atoms with E-state index < -0.39 is 0 Å². The van der Waals surface area contributed by atoms with Gasteiger partial charge < -0.3 is 9.64 Å². The standard InChI is InChI=1S/C11H17NO2S/c1-9(13)14-10(6-7-12(2)3)11-5-4-8-15-11/h4-5,8,10H,6-7H2,1-3H3. The van der Waals surface area contributed by atoms with Gasteiger partial charge in [0.1, 0.15) is 6.10 Å². The smallest absolute Gasteiger partial charge is 0.303 e. The zero-order valence-electron chi connectivity index (χ0n) is 9.40. The van der Waals surface area contributed by atoms with Gasteiger partial charge in [0, 0.05) is 24.8 Å². The van der Waals surface area contributed by atoms with Crippen LogP contribution < -0.4 is 0 Å². The van der Waals surface area contributed by atoms with Gasteiger partial charge in [-0.1, -0.05) is 6.07 Å². The molecule has 0 saturated heterocycles. The molecule has 0 aliphatic carbocycles. The fourth-order valence-corrected chi connectivity index (χ4v) is 2.10. The molecule has 0 aromatic carbocycles. The topological polar surface area (TPSA) is 29.5 Å². The summed E-state index contributed by atoms with van der Waals surface area (Å²) in [6.07, 6.45) is 0.748. The van der Waals surface area contributed by atoms with Gasteiger partial charge in [-0.25, -0.2) is 0 Å². The van der Waals surface area contributed by atoms with E-state index in [1.54, 1.807) is 11.3 Å². The van der Waals surface area contributed by atoms with Crippen molar-refractivity contribution in [3.05, 3.63) is 22.4 Å². The van der Waals surface area contributed by atoms with Crippen molar-refractivity contribution < 1.29 is 9.53 Å². The summed E-state index contributed by atoms with van der Waals surface area (Å²) in [5, 5.41) is 2.00. The largest absolute Gasteiger partial charge is 0.457 e. The van der Waals surface area contributed by atoms with Crippen molar-refractivity contribution in [1.82, 2.24) is 4.90 Å². The van der Waals surface area contributed by atoms with Gasteiger partial charge in [-0.3, -0.25) is 4.79 Å². The highest BCUT2D eigenvalue weighted by atomic mass is 32.1. The Morgan fingerprint density at radius 3 is 2.80 bits per heavy atom. The van der Waals surface area contributed by atoms with Gasteiger partial charge in [-0.05, 0) is 25.5 Å². The van der Waals surface area contributed by atoms with E-state index in [1.807, 2.05) is 31.6 Å². The van der Waals surface area contributed by atoms with Crippen LogP contribution in [0.4, 0.5) is 0 Å². The Kier molecular flexibility index (Phi) is 4.78. The number of carbonyl (C=O) groups is 1. The molecule has 4 heteroatoms.